The highest BCUT2D eigenvalue weighted by atomic mass is 16.4. The molecule has 1 aliphatic heterocycles. The number of nitrogens with zero attached hydrogens (tertiary/aromatic N) is 1. The minimum Gasteiger partial charge on any atom is -0.481 e. The van der Waals surface area contributed by atoms with E-state index in [0.29, 0.717) is 19.0 Å². The van der Waals surface area contributed by atoms with Gasteiger partial charge in [-0.3, -0.25) is 14.9 Å². The van der Waals surface area contributed by atoms with Crippen molar-refractivity contribution in [1.29, 1.82) is 0 Å². The van der Waals surface area contributed by atoms with Crippen molar-refractivity contribution in [2.75, 3.05) is 13.1 Å². The van der Waals surface area contributed by atoms with E-state index >= 15 is 0 Å². The molecule has 2 unspecified atom stereocenters. The van der Waals surface area contributed by atoms with Crippen LogP contribution in [0.1, 0.15) is 52.4 Å². The highest BCUT2D eigenvalue weighted by molar-refractivity contribution is 5.94. The van der Waals surface area contributed by atoms with E-state index < -0.39 is 11.9 Å². The highest BCUT2D eigenvalue weighted by Gasteiger charge is 2.22. The number of hydrogen-bond acceptors (Lipinski definition) is 3. The quantitative estimate of drug-likeness (QED) is 0.815. The SMILES string of the molecule is CCC1CCCN(C(=O)NC(=O)CC(C)CC(=O)O)CC1. The first kappa shape index (κ1) is 17.5. The smallest absolute Gasteiger partial charge is 0.324 e. The van der Waals surface area contributed by atoms with Crippen LogP contribution in [0.2, 0.25) is 0 Å². The number of carbonyl (C=O) groups excluding carboxylic acids is 2. The van der Waals surface area contributed by atoms with Crippen molar-refractivity contribution in [2.24, 2.45) is 11.8 Å². The summed E-state index contributed by atoms with van der Waals surface area (Å²) >= 11 is 0. The van der Waals surface area contributed by atoms with Gasteiger partial charge >= 0.3 is 12.0 Å². The van der Waals surface area contributed by atoms with E-state index in [1.165, 1.54) is 0 Å². The Hall–Kier alpha value is -1.59. The summed E-state index contributed by atoms with van der Waals surface area (Å²) in [6.07, 6.45) is 4.20. The number of hydrogen-bond donors (Lipinski definition) is 2. The van der Waals surface area contributed by atoms with Gasteiger partial charge in [0, 0.05) is 25.9 Å². The van der Waals surface area contributed by atoms with E-state index in [9.17, 15) is 14.4 Å². The summed E-state index contributed by atoms with van der Waals surface area (Å²) in [5.74, 6) is -0.942. The van der Waals surface area contributed by atoms with Crippen LogP contribution in [-0.2, 0) is 9.59 Å². The number of rotatable bonds is 5. The van der Waals surface area contributed by atoms with Crippen LogP contribution in [0.3, 0.4) is 0 Å². The van der Waals surface area contributed by atoms with E-state index in [-0.39, 0.29) is 24.8 Å². The fourth-order valence-corrected chi connectivity index (χ4v) is 2.71. The summed E-state index contributed by atoms with van der Waals surface area (Å²) in [5.41, 5.74) is 0. The molecular formula is C15H26N2O4. The number of imide groups is 1. The van der Waals surface area contributed by atoms with Crippen LogP contribution in [0, 0.1) is 11.8 Å². The predicted molar refractivity (Wildman–Crippen MR) is 78.8 cm³/mol. The molecule has 1 aliphatic rings. The van der Waals surface area contributed by atoms with Gasteiger partial charge in [0.25, 0.3) is 0 Å². The number of nitrogens with one attached hydrogen (secondary N) is 1. The molecule has 1 fully saturated rings. The number of likely N-dealkylation sites (tertiary alicyclic amines) is 1. The normalized spacial score (nSPS) is 20.5. The Morgan fingerprint density at radius 3 is 2.57 bits per heavy atom. The van der Waals surface area contributed by atoms with Gasteiger partial charge in [-0.2, -0.15) is 0 Å². The van der Waals surface area contributed by atoms with Gasteiger partial charge in [-0.05, 0) is 31.1 Å². The fourth-order valence-electron chi connectivity index (χ4n) is 2.71. The average molecular weight is 298 g/mol. The van der Waals surface area contributed by atoms with Gasteiger partial charge in [0.15, 0.2) is 0 Å². The lowest BCUT2D eigenvalue weighted by Crippen LogP contribution is -2.43. The van der Waals surface area contributed by atoms with Crippen LogP contribution in [0.25, 0.3) is 0 Å². The standard InChI is InChI=1S/C15H26N2O4/c1-3-12-5-4-7-17(8-6-12)15(21)16-13(18)9-11(2)10-14(19)20/h11-12H,3-10H2,1-2H3,(H,19,20)(H,16,18,21). The molecule has 1 heterocycles. The summed E-state index contributed by atoms with van der Waals surface area (Å²) < 4.78 is 0. The fraction of sp³-hybridized carbons (Fsp3) is 0.800. The summed E-state index contributed by atoms with van der Waals surface area (Å²) in [5, 5.41) is 11.0. The number of carbonyl (C=O) groups is 3. The number of carboxylic acids is 1. The van der Waals surface area contributed by atoms with E-state index in [2.05, 4.69) is 12.2 Å². The van der Waals surface area contributed by atoms with E-state index in [0.717, 1.165) is 25.7 Å². The molecule has 0 aromatic rings. The Balaban J connectivity index is 2.38. The van der Waals surface area contributed by atoms with Gasteiger partial charge in [-0.1, -0.05) is 20.3 Å². The Morgan fingerprint density at radius 1 is 1.24 bits per heavy atom. The Kier molecular flexibility index (Phi) is 7.19. The monoisotopic (exact) mass is 298 g/mol. The van der Waals surface area contributed by atoms with Gasteiger partial charge < -0.3 is 10.0 Å². The third-order valence-corrected chi connectivity index (χ3v) is 4.02. The van der Waals surface area contributed by atoms with Gasteiger partial charge in [0.1, 0.15) is 0 Å². The molecule has 3 amide bonds. The topological polar surface area (TPSA) is 86.7 Å². The van der Waals surface area contributed by atoms with Crippen LogP contribution >= 0.6 is 0 Å². The molecule has 0 aromatic heterocycles. The first-order valence-corrected chi connectivity index (χ1v) is 7.72. The minimum atomic E-state index is -0.931. The second-order valence-electron chi connectivity index (χ2n) is 5.95. The molecule has 6 heteroatoms. The van der Waals surface area contributed by atoms with Crippen LogP contribution in [0.4, 0.5) is 4.79 Å². The second kappa shape index (κ2) is 8.64. The molecule has 0 radical (unpaired) electrons. The van der Waals surface area contributed by atoms with Gasteiger partial charge in [-0.15, -0.1) is 0 Å². The van der Waals surface area contributed by atoms with Crippen molar-refractivity contribution < 1.29 is 19.5 Å². The van der Waals surface area contributed by atoms with Crippen LogP contribution in [0.5, 0.6) is 0 Å². The molecule has 2 atom stereocenters. The first-order chi connectivity index (χ1) is 9.92. The maximum Gasteiger partial charge on any atom is 0.324 e. The van der Waals surface area contributed by atoms with Crippen molar-refractivity contribution >= 4 is 17.9 Å². The molecule has 1 rings (SSSR count). The Bertz CT molecular complexity index is 384. The zero-order chi connectivity index (χ0) is 15.8. The number of carboxylic acid groups (broad SMARTS) is 1. The number of amides is 3. The van der Waals surface area contributed by atoms with Gasteiger partial charge in [-0.25, -0.2) is 4.79 Å². The molecule has 0 saturated carbocycles. The summed E-state index contributed by atoms with van der Waals surface area (Å²) in [6.45, 7) is 5.21. The molecule has 0 aliphatic carbocycles. The van der Waals surface area contributed by atoms with Crippen molar-refractivity contribution in [2.45, 2.75) is 52.4 Å². The molecule has 0 spiro atoms. The average Bonchev–Trinajstić information content (AvgIpc) is 2.62. The van der Waals surface area contributed by atoms with Crippen molar-refractivity contribution in [1.82, 2.24) is 10.2 Å². The molecule has 2 N–H and O–H groups in total. The zero-order valence-corrected chi connectivity index (χ0v) is 12.9. The second-order valence-corrected chi connectivity index (χ2v) is 5.95. The van der Waals surface area contributed by atoms with Crippen molar-refractivity contribution in [3.8, 4) is 0 Å². The third-order valence-electron chi connectivity index (χ3n) is 4.02. The Morgan fingerprint density at radius 2 is 1.95 bits per heavy atom. The van der Waals surface area contributed by atoms with Crippen molar-refractivity contribution in [3.63, 3.8) is 0 Å². The first-order valence-electron chi connectivity index (χ1n) is 7.72. The summed E-state index contributed by atoms with van der Waals surface area (Å²) in [6, 6.07) is -0.348. The maximum atomic E-state index is 12.0. The van der Waals surface area contributed by atoms with Crippen LogP contribution < -0.4 is 5.32 Å². The molecule has 120 valence electrons. The number of aliphatic carboxylic acids is 1. The van der Waals surface area contributed by atoms with Gasteiger partial charge in [0.2, 0.25) is 5.91 Å². The predicted octanol–water partition coefficient (Wildman–Crippen LogP) is 2.24. The van der Waals surface area contributed by atoms with Crippen LogP contribution in [0.15, 0.2) is 0 Å². The number of urea groups is 1. The molecule has 0 aromatic carbocycles. The molecular weight excluding hydrogens is 272 g/mol. The lowest BCUT2D eigenvalue weighted by Gasteiger charge is -2.21. The molecule has 21 heavy (non-hydrogen) atoms. The zero-order valence-electron chi connectivity index (χ0n) is 12.9. The van der Waals surface area contributed by atoms with E-state index in [1.807, 2.05) is 0 Å². The maximum absolute atomic E-state index is 12.0. The van der Waals surface area contributed by atoms with Crippen molar-refractivity contribution in [3.05, 3.63) is 0 Å². The molecule has 1 saturated heterocycles. The summed E-state index contributed by atoms with van der Waals surface area (Å²) in [7, 11) is 0. The van der Waals surface area contributed by atoms with Gasteiger partial charge in [0.05, 0.1) is 0 Å². The molecule has 6 nitrogen and oxygen atoms in total. The lowest BCUT2D eigenvalue weighted by molar-refractivity contribution is -0.138. The Labute approximate surface area is 125 Å². The highest BCUT2D eigenvalue weighted by Crippen LogP contribution is 2.20. The van der Waals surface area contributed by atoms with E-state index in [1.54, 1.807) is 11.8 Å². The largest absolute Gasteiger partial charge is 0.481 e. The van der Waals surface area contributed by atoms with Crippen LogP contribution in [-0.4, -0.2) is 41.0 Å². The summed E-state index contributed by atoms with van der Waals surface area (Å²) in [4.78, 5) is 36.0. The minimum absolute atomic E-state index is 0.0590. The lowest BCUT2D eigenvalue weighted by atomic mass is 9.98. The molecule has 0 bridgehead atoms. The third kappa shape index (κ3) is 6.60. The van der Waals surface area contributed by atoms with E-state index in [4.69, 9.17) is 5.11 Å².